The minimum Gasteiger partial charge on any atom is -0.355 e. The predicted octanol–water partition coefficient (Wildman–Crippen LogP) is 4.21. The van der Waals surface area contributed by atoms with Crippen LogP contribution in [0, 0.1) is 17.8 Å². The summed E-state index contributed by atoms with van der Waals surface area (Å²) in [6.45, 7) is 6.02. The van der Waals surface area contributed by atoms with Crippen molar-refractivity contribution in [1.82, 2.24) is 14.9 Å². The van der Waals surface area contributed by atoms with Crippen LogP contribution in [0.4, 0.5) is 0 Å². The Morgan fingerprint density at radius 2 is 1.92 bits per heavy atom. The Labute approximate surface area is 161 Å². The maximum atomic E-state index is 12.3. The van der Waals surface area contributed by atoms with E-state index in [2.05, 4.69) is 28.7 Å². The minimum atomic E-state index is 0.223. The van der Waals surface area contributed by atoms with Crippen LogP contribution in [0.3, 0.4) is 0 Å². The SMILES string of the molecule is CC(C)c1nccn1CCCNC(=O)CSC12CC3CC(CC(C3)C1)C2. The van der Waals surface area contributed by atoms with Crippen LogP contribution in [0.2, 0.25) is 0 Å². The molecule has 1 N–H and O–H groups in total. The molecule has 0 radical (unpaired) electrons. The monoisotopic (exact) mass is 375 g/mol. The molecule has 1 aromatic heterocycles. The lowest BCUT2D eigenvalue weighted by atomic mass is 9.56. The topological polar surface area (TPSA) is 46.9 Å². The molecule has 0 aliphatic heterocycles. The van der Waals surface area contributed by atoms with E-state index in [1.165, 1.54) is 38.5 Å². The lowest BCUT2D eigenvalue weighted by Gasteiger charge is -2.56. The van der Waals surface area contributed by atoms with E-state index in [1.807, 2.05) is 24.2 Å². The number of amides is 1. The lowest BCUT2D eigenvalue weighted by Crippen LogP contribution is -2.49. The molecule has 0 atom stereocenters. The maximum absolute atomic E-state index is 12.3. The Morgan fingerprint density at radius 3 is 2.54 bits per heavy atom. The van der Waals surface area contributed by atoms with Crippen LogP contribution in [-0.4, -0.2) is 32.5 Å². The van der Waals surface area contributed by atoms with E-state index in [0.29, 0.717) is 16.4 Å². The van der Waals surface area contributed by atoms with Gasteiger partial charge in [-0.05, 0) is 62.7 Å². The van der Waals surface area contributed by atoms with Crippen LogP contribution in [0.25, 0.3) is 0 Å². The number of carbonyl (C=O) groups excluding carboxylic acids is 1. The smallest absolute Gasteiger partial charge is 0.230 e. The van der Waals surface area contributed by atoms with Crippen molar-refractivity contribution < 1.29 is 4.79 Å². The zero-order valence-corrected chi connectivity index (χ0v) is 17.1. The fraction of sp³-hybridized carbons (Fsp3) is 0.810. The summed E-state index contributed by atoms with van der Waals surface area (Å²) >= 11 is 1.98. The van der Waals surface area contributed by atoms with Crippen LogP contribution in [0.1, 0.15) is 70.5 Å². The Bertz CT molecular complexity index is 604. The summed E-state index contributed by atoms with van der Waals surface area (Å²) in [5, 5.41) is 3.13. The average molecular weight is 376 g/mol. The number of nitrogens with zero attached hydrogens (tertiary/aromatic N) is 2. The van der Waals surface area contributed by atoms with Gasteiger partial charge >= 0.3 is 0 Å². The first kappa shape index (κ1) is 18.4. The van der Waals surface area contributed by atoms with Crippen molar-refractivity contribution in [3.63, 3.8) is 0 Å². The number of carbonyl (C=O) groups is 1. The van der Waals surface area contributed by atoms with Gasteiger partial charge in [0.15, 0.2) is 0 Å². The number of rotatable bonds is 8. The minimum absolute atomic E-state index is 0.223. The van der Waals surface area contributed by atoms with Crippen LogP contribution >= 0.6 is 11.8 Å². The Balaban J connectivity index is 1.18. The molecule has 4 aliphatic carbocycles. The normalized spacial score (nSPS) is 32.3. The zero-order valence-electron chi connectivity index (χ0n) is 16.2. The van der Waals surface area contributed by atoms with Crippen molar-refractivity contribution in [2.75, 3.05) is 12.3 Å². The largest absolute Gasteiger partial charge is 0.355 e. The van der Waals surface area contributed by atoms with Gasteiger partial charge in [-0.1, -0.05) is 13.8 Å². The first-order valence-corrected chi connectivity index (χ1v) is 11.4. The van der Waals surface area contributed by atoms with Gasteiger partial charge in [0.05, 0.1) is 5.75 Å². The summed E-state index contributed by atoms with van der Waals surface area (Å²) < 4.78 is 2.65. The Morgan fingerprint density at radius 1 is 1.27 bits per heavy atom. The molecular weight excluding hydrogens is 342 g/mol. The standard InChI is InChI=1S/C21H33N3OS/c1-15(2)20-23-5-7-24(20)6-3-4-22-19(25)14-26-21-11-16-8-17(12-21)10-18(9-16)13-21/h5,7,15-18H,3-4,6,8-14H2,1-2H3,(H,22,25). The molecule has 0 spiro atoms. The zero-order chi connectivity index (χ0) is 18.1. The molecule has 1 aromatic rings. The molecule has 0 unspecified atom stereocenters. The lowest BCUT2D eigenvalue weighted by molar-refractivity contribution is -0.118. The molecule has 0 saturated heterocycles. The third-order valence-electron chi connectivity index (χ3n) is 6.65. The molecule has 1 amide bonds. The van der Waals surface area contributed by atoms with Crippen LogP contribution in [-0.2, 0) is 11.3 Å². The molecule has 144 valence electrons. The van der Waals surface area contributed by atoms with Crippen molar-refractivity contribution in [3.05, 3.63) is 18.2 Å². The number of thioether (sulfide) groups is 1. The van der Waals surface area contributed by atoms with E-state index in [0.717, 1.165) is 43.1 Å². The highest BCUT2D eigenvalue weighted by Gasteiger charge is 2.51. The summed E-state index contributed by atoms with van der Waals surface area (Å²) in [5.41, 5.74) is 0. The van der Waals surface area contributed by atoms with E-state index in [1.54, 1.807) is 0 Å². The molecule has 4 aliphatic rings. The highest BCUT2D eigenvalue weighted by Crippen LogP contribution is 2.60. The van der Waals surface area contributed by atoms with Crippen LogP contribution in [0.5, 0.6) is 0 Å². The van der Waals surface area contributed by atoms with E-state index in [4.69, 9.17) is 0 Å². The summed E-state index contributed by atoms with van der Waals surface area (Å²) in [4.78, 5) is 16.7. The van der Waals surface area contributed by atoms with Crippen LogP contribution < -0.4 is 5.32 Å². The van der Waals surface area contributed by atoms with Gasteiger partial charge in [-0.25, -0.2) is 4.98 Å². The van der Waals surface area contributed by atoms with Crippen LogP contribution in [0.15, 0.2) is 12.4 Å². The highest BCUT2D eigenvalue weighted by molar-refractivity contribution is 8.01. The molecule has 5 rings (SSSR count). The first-order chi connectivity index (χ1) is 12.5. The van der Waals surface area contributed by atoms with Crippen molar-refractivity contribution in [2.24, 2.45) is 17.8 Å². The Hall–Kier alpha value is -0.970. The molecular formula is C21H33N3OS. The third-order valence-corrected chi connectivity index (χ3v) is 8.17. The first-order valence-electron chi connectivity index (χ1n) is 10.4. The number of hydrogen-bond acceptors (Lipinski definition) is 3. The third kappa shape index (κ3) is 3.97. The van der Waals surface area contributed by atoms with Gasteiger partial charge in [0.25, 0.3) is 0 Å². The molecule has 0 aromatic carbocycles. The van der Waals surface area contributed by atoms with Crippen molar-refractivity contribution in [1.29, 1.82) is 0 Å². The maximum Gasteiger partial charge on any atom is 0.230 e. The number of nitrogens with one attached hydrogen (secondary N) is 1. The summed E-state index contributed by atoms with van der Waals surface area (Å²) in [6.07, 6.45) is 13.4. The number of hydrogen-bond donors (Lipinski definition) is 1. The van der Waals surface area contributed by atoms with Crippen molar-refractivity contribution in [3.8, 4) is 0 Å². The van der Waals surface area contributed by atoms with E-state index in [9.17, 15) is 4.79 Å². The van der Waals surface area contributed by atoms with Gasteiger partial charge in [0.1, 0.15) is 5.82 Å². The number of imidazole rings is 1. The second kappa shape index (κ2) is 7.57. The second-order valence-corrected chi connectivity index (χ2v) is 10.7. The van der Waals surface area contributed by atoms with E-state index >= 15 is 0 Å². The average Bonchev–Trinajstić information content (AvgIpc) is 3.05. The van der Waals surface area contributed by atoms with Crippen molar-refractivity contribution in [2.45, 2.75) is 76.0 Å². The summed E-state index contributed by atoms with van der Waals surface area (Å²) in [7, 11) is 0. The van der Waals surface area contributed by atoms with Gasteiger partial charge in [0.2, 0.25) is 5.91 Å². The molecule has 5 heteroatoms. The summed E-state index contributed by atoms with van der Waals surface area (Å²) in [6, 6.07) is 0. The van der Waals surface area contributed by atoms with Gasteiger partial charge < -0.3 is 9.88 Å². The molecule has 1 heterocycles. The predicted molar refractivity (Wildman–Crippen MR) is 107 cm³/mol. The van der Waals surface area contributed by atoms with Gasteiger partial charge in [-0.3, -0.25) is 4.79 Å². The number of aromatic nitrogens is 2. The van der Waals surface area contributed by atoms with Gasteiger partial charge in [0, 0.05) is 36.1 Å². The van der Waals surface area contributed by atoms with E-state index < -0.39 is 0 Å². The molecule has 4 fully saturated rings. The van der Waals surface area contributed by atoms with Gasteiger partial charge in [-0.15, -0.1) is 11.8 Å². The van der Waals surface area contributed by atoms with E-state index in [-0.39, 0.29) is 5.91 Å². The second-order valence-electron chi connectivity index (χ2n) is 9.23. The highest BCUT2D eigenvalue weighted by atomic mass is 32.2. The van der Waals surface area contributed by atoms with Crippen molar-refractivity contribution >= 4 is 17.7 Å². The fourth-order valence-electron chi connectivity index (χ4n) is 5.97. The quantitative estimate of drug-likeness (QED) is 0.692. The number of aryl methyl sites for hydroxylation is 1. The molecule has 4 bridgehead atoms. The van der Waals surface area contributed by atoms with Gasteiger partial charge in [-0.2, -0.15) is 0 Å². The summed E-state index contributed by atoms with van der Waals surface area (Å²) in [5.74, 6) is 5.32. The molecule has 4 saturated carbocycles. The molecule has 4 nitrogen and oxygen atoms in total. The Kier molecular flexibility index (Phi) is 5.36. The fourth-order valence-corrected chi connectivity index (χ4v) is 7.57. The molecule has 26 heavy (non-hydrogen) atoms.